The van der Waals surface area contributed by atoms with E-state index < -0.39 is 0 Å². The Bertz CT molecular complexity index is 879. The minimum atomic E-state index is -0.203. The van der Waals surface area contributed by atoms with E-state index in [9.17, 15) is 9.59 Å². The molecule has 0 saturated carbocycles. The average molecular weight is 380 g/mol. The van der Waals surface area contributed by atoms with E-state index in [1.807, 2.05) is 47.8 Å². The van der Waals surface area contributed by atoms with E-state index >= 15 is 0 Å². The summed E-state index contributed by atoms with van der Waals surface area (Å²) in [5.41, 5.74) is 1.58. The standard InChI is InChI=1S/C21H20N2O3S/c24-20(22-11-12-23-21(25)19-10-5-13-27-19)17-8-4-9-18(14-17)26-15-16-6-2-1-3-7-16/h1-10,13-14H,11-12,15H2,(H,22,24)(H,23,25). The highest BCUT2D eigenvalue weighted by molar-refractivity contribution is 7.12. The first-order valence-corrected chi connectivity index (χ1v) is 9.47. The lowest BCUT2D eigenvalue weighted by molar-refractivity contribution is 0.0929. The van der Waals surface area contributed by atoms with Crippen LogP contribution in [0.4, 0.5) is 0 Å². The first kappa shape index (κ1) is 18.7. The van der Waals surface area contributed by atoms with Crippen LogP contribution in [0.3, 0.4) is 0 Å². The van der Waals surface area contributed by atoms with Gasteiger partial charge in [-0.1, -0.05) is 42.5 Å². The van der Waals surface area contributed by atoms with Crippen molar-refractivity contribution in [1.82, 2.24) is 10.6 Å². The van der Waals surface area contributed by atoms with Crippen molar-refractivity contribution in [2.75, 3.05) is 13.1 Å². The molecule has 3 aromatic rings. The Morgan fingerprint density at radius 2 is 1.63 bits per heavy atom. The average Bonchev–Trinajstić information content (AvgIpc) is 3.25. The van der Waals surface area contributed by atoms with Crippen molar-refractivity contribution in [3.63, 3.8) is 0 Å². The van der Waals surface area contributed by atoms with Crippen molar-refractivity contribution in [3.8, 4) is 5.75 Å². The molecule has 0 aliphatic carbocycles. The fraction of sp³-hybridized carbons (Fsp3) is 0.143. The van der Waals surface area contributed by atoms with E-state index in [-0.39, 0.29) is 11.8 Å². The van der Waals surface area contributed by atoms with Gasteiger partial charge in [0.15, 0.2) is 0 Å². The summed E-state index contributed by atoms with van der Waals surface area (Å²) in [6, 6.07) is 20.5. The van der Waals surface area contributed by atoms with Gasteiger partial charge in [0.25, 0.3) is 11.8 Å². The maximum atomic E-state index is 12.3. The van der Waals surface area contributed by atoms with Crippen LogP contribution in [-0.2, 0) is 6.61 Å². The molecule has 0 fully saturated rings. The van der Waals surface area contributed by atoms with Crippen LogP contribution in [0.2, 0.25) is 0 Å². The van der Waals surface area contributed by atoms with Crippen LogP contribution in [0.25, 0.3) is 0 Å². The maximum Gasteiger partial charge on any atom is 0.261 e. The largest absolute Gasteiger partial charge is 0.489 e. The highest BCUT2D eigenvalue weighted by Gasteiger charge is 2.08. The second kappa shape index (κ2) is 9.54. The van der Waals surface area contributed by atoms with Crippen LogP contribution in [0.15, 0.2) is 72.1 Å². The number of hydrogen-bond acceptors (Lipinski definition) is 4. The van der Waals surface area contributed by atoms with Crippen molar-refractivity contribution < 1.29 is 14.3 Å². The molecule has 0 atom stereocenters. The summed E-state index contributed by atoms with van der Waals surface area (Å²) in [6.45, 7) is 1.17. The summed E-state index contributed by atoms with van der Waals surface area (Å²) in [6.07, 6.45) is 0. The van der Waals surface area contributed by atoms with Crippen LogP contribution in [0, 0.1) is 0 Å². The van der Waals surface area contributed by atoms with Crippen molar-refractivity contribution >= 4 is 23.2 Å². The van der Waals surface area contributed by atoms with E-state index in [0.717, 1.165) is 5.56 Å². The number of ether oxygens (including phenoxy) is 1. The van der Waals surface area contributed by atoms with Gasteiger partial charge in [0.1, 0.15) is 12.4 Å². The third-order valence-electron chi connectivity index (χ3n) is 3.79. The smallest absolute Gasteiger partial charge is 0.261 e. The van der Waals surface area contributed by atoms with Gasteiger partial charge in [-0.2, -0.15) is 0 Å². The predicted molar refractivity (Wildman–Crippen MR) is 106 cm³/mol. The van der Waals surface area contributed by atoms with E-state index in [2.05, 4.69) is 10.6 Å². The van der Waals surface area contributed by atoms with Crippen molar-refractivity contribution in [1.29, 1.82) is 0 Å². The molecule has 0 unspecified atom stereocenters. The highest BCUT2D eigenvalue weighted by atomic mass is 32.1. The van der Waals surface area contributed by atoms with Crippen molar-refractivity contribution in [3.05, 3.63) is 88.1 Å². The molecule has 138 valence electrons. The van der Waals surface area contributed by atoms with Crippen molar-refractivity contribution in [2.45, 2.75) is 6.61 Å². The second-order valence-electron chi connectivity index (χ2n) is 5.79. The van der Waals surface area contributed by atoms with E-state index in [0.29, 0.717) is 35.9 Å². The first-order valence-electron chi connectivity index (χ1n) is 8.59. The minimum absolute atomic E-state index is 0.129. The van der Waals surface area contributed by atoms with Crippen LogP contribution in [0.1, 0.15) is 25.6 Å². The number of carbonyl (C=O) groups excluding carboxylic acids is 2. The first-order chi connectivity index (χ1) is 13.2. The Kier molecular flexibility index (Phi) is 6.60. The number of rotatable bonds is 8. The normalized spacial score (nSPS) is 10.2. The van der Waals surface area contributed by atoms with E-state index in [1.165, 1.54) is 11.3 Å². The Hall–Kier alpha value is -3.12. The fourth-order valence-electron chi connectivity index (χ4n) is 2.42. The molecule has 1 heterocycles. The molecule has 5 nitrogen and oxygen atoms in total. The number of carbonyl (C=O) groups is 2. The Balaban J connectivity index is 1.45. The zero-order chi connectivity index (χ0) is 18.9. The van der Waals surface area contributed by atoms with Crippen LogP contribution in [-0.4, -0.2) is 24.9 Å². The molecule has 0 aliphatic heterocycles. The van der Waals surface area contributed by atoms with Gasteiger partial charge in [0, 0.05) is 18.7 Å². The van der Waals surface area contributed by atoms with Gasteiger partial charge in [-0.3, -0.25) is 9.59 Å². The molecule has 2 N–H and O–H groups in total. The summed E-state index contributed by atoms with van der Waals surface area (Å²) in [5, 5.41) is 7.42. The Morgan fingerprint density at radius 1 is 0.852 bits per heavy atom. The molecule has 2 amide bonds. The third-order valence-corrected chi connectivity index (χ3v) is 4.65. The van der Waals surface area contributed by atoms with E-state index in [1.54, 1.807) is 24.3 Å². The Morgan fingerprint density at radius 3 is 2.37 bits per heavy atom. The summed E-state index contributed by atoms with van der Waals surface area (Å²) >= 11 is 1.38. The molecule has 0 spiro atoms. The fourth-order valence-corrected chi connectivity index (χ4v) is 3.06. The minimum Gasteiger partial charge on any atom is -0.489 e. The molecular weight excluding hydrogens is 360 g/mol. The molecule has 0 bridgehead atoms. The van der Waals surface area contributed by atoms with Gasteiger partial charge in [0.2, 0.25) is 0 Å². The molecule has 27 heavy (non-hydrogen) atoms. The van der Waals surface area contributed by atoms with Gasteiger partial charge in [-0.25, -0.2) is 0 Å². The van der Waals surface area contributed by atoms with Gasteiger partial charge in [-0.15, -0.1) is 11.3 Å². The molecular formula is C21H20N2O3S. The summed E-state index contributed by atoms with van der Waals surface area (Å²) in [5.74, 6) is 0.304. The monoisotopic (exact) mass is 380 g/mol. The lowest BCUT2D eigenvalue weighted by Crippen LogP contribution is -2.34. The molecule has 3 rings (SSSR count). The molecule has 6 heteroatoms. The van der Waals surface area contributed by atoms with Crippen LogP contribution in [0.5, 0.6) is 5.75 Å². The summed E-state index contributed by atoms with van der Waals surface area (Å²) < 4.78 is 5.75. The van der Waals surface area contributed by atoms with Gasteiger partial charge in [-0.05, 0) is 35.2 Å². The van der Waals surface area contributed by atoms with Gasteiger partial charge in [0.05, 0.1) is 4.88 Å². The van der Waals surface area contributed by atoms with Crippen LogP contribution >= 0.6 is 11.3 Å². The summed E-state index contributed by atoms with van der Waals surface area (Å²) in [4.78, 5) is 24.7. The third kappa shape index (κ3) is 5.69. The molecule has 0 aliphatic rings. The highest BCUT2D eigenvalue weighted by Crippen LogP contribution is 2.15. The predicted octanol–water partition coefficient (Wildman–Crippen LogP) is 3.49. The zero-order valence-corrected chi connectivity index (χ0v) is 15.5. The number of thiophene rings is 1. The van der Waals surface area contributed by atoms with Crippen molar-refractivity contribution in [2.24, 2.45) is 0 Å². The maximum absolute atomic E-state index is 12.3. The lowest BCUT2D eigenvalue weighted by atomic mass is 10.2. The number of amides is 2. The number of benzene rings is 2. The topological polar surface area (TPSA) is 67.4 Å². The second-order valence-corrected chi connectivity index (χ2v) is 6.74. The molecule has 2 aromatic carbocycles. The number of hydrogen-bond donors (Lipinski definition) is 2. The van der Waals surface area contributed by atoms with Gasteiger partial charge >= 0.3 is 0 Å². The van der Waals surface area contributed by atoms with Gasteiger partial charge < -0.3 is 15.4 Å². The van der Waals surface area contributed by atoms with E-state index in [4.69, 9.17) is 4.74 Å². The quantitative estimate of drug-likeness (QED) is 0.588. The molecule has 0 radical (unpaired) electrons. The Labute approximate surface area is 162 Å². The SMILES string of the molecule is O=C(NCCNC(=O)c1cccs1)c1cccc(OCc2ccccc2)c1. The summed E-state index contributed by atoms with van der Waals surface area (Å²) in [7, 11) is 0. The number of nitrogens with one attached hydrogen (secondary N) is 2. The lowest BCUT2D eigenvalue weighted by Gasteiger charge is -2.09. The van der Waals surface area contributed by atoms with Crippen LogP contribution < -0.4 is 15.4 Å². The molecule has 0 saturated heterocycles. The zero-order valence-electron chi connectivity index (χ0n) is 14.7. The molecule has 1 aromatic heterocycles.